The molecule has 1 aromatic carbocycles. The molecule has 3 rings (SSSR count). The molecule has 1 fully saturated rings. The Morgan fingerprint density at radius 3 is 2.28 bits per heavy atom. The maximum atomic E-state index is 13.9. The van der Waals surface area contributed by atoms with E-state index < -0.39 is 44.5 Å². The number of alkyl halides is 3. The van der Waals surface area contributed by atoms with Crippen molar-refractivity contribution in [2.45, 2.75) is 24.0 Å². The van der Waals surface area contributed by atoms with Crippen LogP contribution in [0.1, 0.15) is 17.5 Å². The number of benzene rings is 1. The summed E-state index contributed by atoms with van der Waals surface area (Å²) < 4.78 is 75.3. The highest BCUT2D eigenvalue weighted by atomic mass is 32.2. The maximum Gasteiger partial charge on any atom is 0.420 e. The molecule has 236 valence electrons. The number of sulfonamides is 1. The predicted octanol–water partition coefficient (Wildman–Crippen LogP) is 2.13. The lowest BCUT2D eigenvalue weighted by Gasteiger charge is -2.33. The summed E-state index contributed by atoms with van der Waals surface area (Å²) in [6.07, 6.45) is -4.91. The van der Waals surface area contributed by atoms with Gasteiger partial charge in [-0.15, -0.1) is 5.11 Å². The van der Waals surface area contributed by atoms with Crippen molar-refractivity contribution in [1.29, 1.82) is 5.26 Å². The van der Waals surface area contributed by atoms with Gasteiger partial charge in [-0.2, -0.15) is 27.9 Å². The summed E-state index contributed by atoms with van der Waals surface area (Å²) in [7, 11) is -0.353. The lowest BCUT2D eigenvalue weighted by Crippen LogP contribution is -2.49. The first-order chi connectivity index (χ1) is 20.3. The number of ether oxygens (including phenoxy) is 1. The van der Waals surface area contributed by atoms with Crippen molar-refractivity contribution in [3.63, 3.8) is 0 Å². The summed E-state index contributed by atoms with van der Waals surface area (Å²) in [5, 5.41) is 35.8. The number of aliphatic hydroxyl groups excluding tert-OH is 1. The molecule has 2 N–H and O–H groups in total. The van der Waals surface area contributed by atoms with E-state index in [1.807, 2.05) is 4.90 Å². The summed E-state index contributed by atoms with van der Waals surface area (Å²) in [6, 6.07) is 6.26. The lowest BCUT2D eigenvalue weighted by molar-refractivity contribution is -0.137. The van der Waals surface area contributed by atoms with E-state index >= 15 is 0 Å². The second-order valence-corrected chi connectivity index (χ2v) is 11.9. The number of hydrogen-bond donors (Lipinski definition) is 2. The van der Waals surface area contributed by atoms with Crippen molar-refractivity contribution in [3.8, 4) is 11.9 Å². The second kappa shape index (κ2) is 14.9. The van der Waals surface area contributed by atoms with Gasteiger partial charge in [-0.3, -0.25) is 14.3 Å². The third-order valence-electron chi connectivity index (χ3n) is 6.65. The molecule has 0 atom stereocenters. The first-order valence-corrected chi connectivity index (χ1v) is 14.8. The average Bonchev–Trinajstić information content (AvgIpc) is 2.96. The van der Waals surface area contributed by atoms with Gasteiger partial charge >= 0.3 is 6.18 Å². The zero-order valence-electron chi connectivity index (χ0n) is 23.8. The Labute approximate surface area is 247 Å². The minimum Gasteiger partial charge on any atom is -0.493 e. The second-order valence-electron chi connectivity index (χ2n) is 9.92. The van der Waals surface area contributed by atoms with Gasteiger partial charge in [-0.05, 0) is 51.3 Å². The van der Waals surface area contributed by atoms with Crippen molar-refractivity contribution in [2.24, 2.45) is 10.2 Å². The zero-order valence-corrected chi connectivity index (χ0v) is 24.6. The smallest absolute Gasteiger partial charge is 0.420 e. The molecular weight excluding hydrogens is 595 g/mol. The highest BCUT2D eigenvalue weighted by molar-refractivity contribution is 7.89. The zero-order chi connectivity index (χ0) is 31.8. The van der Waals surface area contributed by atoms with Crippen molar-refractivity contribution < 1.29 is 36.5 Å². The fourth-order valence-electron chi connectivity index (χ4n) is 4.42. The SMILES string of the molecule is CN(C)CCCn1c(O)c(C#N)c(C(F)(F)F)c(N=Nc2ccc(S(=O)(=O)N3CCN(CCOCCO)CC3)cc2)c1=O. The van der Waals surface area contributed by atoms with Crippen LogP contribution < -0.4 is 5.56 Å². The number of nitriles is 1. The van der Waals surface area contributed by atoms with E-state index in [0.29, 0.717) is 37.4 Å². The Kier molecular flexibility index (Phi) is 11.8. The summed E-state index contributed by atoms with van der Waals surface area (Å²) >= 11 is 0. The van der Waals surface area contributed by atoms with Crippen LogP contribution in [0.2, 0.25) is 0 Å². The van der Waals surface area contributed by atoms with E-state index in [9.17, 15) is 36.8 Å². The molecule has 0 aliphatic carbocycles. The highest BCUT2D eigenvalue weighted by Gasteiger charge is 2.41. The van der Waals surface area contributed by atoms with Crippen LogP contribution in [0.5, 0.6) is 5.88 Å². The molecule has 0 unspecified atom stereocenters. The first-order valence-electron chi connectivity index (χ1n) is 13.4. The van der Waals surface area contributed by atoms with E-state index in [1.54, 1.807) is 19.0 Å². The molecule has 13 nitrogen and oxygen atoms in total. The number of azo groups is 1. The van der Waals surface area contributed by atoms with Crippen LogP contribution in [0.15, 0.2) is 44.2 Å². The Morgan fingerprint density at radius 1 is 1.07 bits per heavy atom. The molecular formula is C26H34F3N7O6S. The summed E-state index contributed by atoms with van der Waals surface area (Å²) in [4.78, 5) is 16.8. The summed E-state index contributed by atoms with van der Waals surface area (Å²) in [5.41, 5.74) is -5.33. The topological polar surface area (TPSA) is 164 Å². The Hall–Kier alpha value is -3.40. The molecule has 1 aromatic heterocycles. The molecule has 0 bridgehead atoms. The summed E-state index contributed by atoms with van der Waals surface area (Å²) in [6.45, 7) is 2.92. The number of halogens is 3. The maximum absolute atomic E-state index is 13.9. The van der Waals surface area contributed by atoms with Gasteiger partial charge in [-0.25, -0.2) is 8.42 Å². The standard InChI is InChI=1S/C26H34F3N7O6S/c1-33(2)8-3-9-36-24(38)21(18-30)22(26(27,28)29)23(25(36)39)32-31-19-4-6-20(7-5-19)43(40,41)35-12-10-34(11-13-35)14-16-42-17-15-37/h4-7,37-38H,3,8-17H2,1-2H3. The van der Waals surface area contributed by atoms with Crippen molar-refractivity contribution in [3.05, 3.63) is 45.7 Å². The van der Waals surface area contributed by atoms with E-state index in [2.05, 4.69) is 10.2 Å². The van der Waals surface area contributed by atoms with Crippen LogP contribution in [-0.4, -0.2) is 110 Å². The van der Waals surface area contributed by atoms with Gasteiger partial charge in [0.1, 0.15) is 17.2 Å². The number of aromatic nitrogens is 1. The lowest BCUT2D eigenvalue weighted by atomic mass is 10.1. The molecule has 0 spiro atoms. The number of nitrogens with zero attached hydrogens (tertiary/aromatic N) is 7. The number of pyridine rings is 1. The van der Waals surface area contributed by atoms with Crippen LogP contribution >= 0.6 is 0 Å². The van der Waals surface area contributed by atoms with Crippen molar-refractivity contribution in [2.75, 3.05) is 73.2 Å². The number of piperazine rings is 1. The molecule has 0 saturated carbocycles. The van der Waals surface area contributed by atoms with Gasteiger partial charge < -0.3 is 19.8 Å². The number of aliphatic hydroxyl groups is 1. The Bertz CT molecular complexity index is 1480. The van der Waals surface area contributed by atoms with Crippen molar-refractivity contribution >= 4 is 21.4 Å². The van der Waals surface area contributed by atoms with Crippen LogP contribution in [0, 0.1) is 11.3 Å². The van der Waals surface area contributed by atoms with Gasteiger partial charge in [0.15, 0.2) is 5.69 Å². The predicted molar refractivity (Wildman–Crippen MR) is 149 cm³/mol. The normalized spacial score (nSPS) is 15.4. The monoisotopic (exact) mass is 629 g/mol. The van der Waals surface area contributed by atoms with E-state index in [-0.39, 0.29) is 49.9 Å². The van der Waals surface area contributed by atoms with Crippen LogP contribution in [0.25, 0.3) is 0 Å². The molecule has 43 heavy (non-hydrogen) atoms. The van der Waals surface area contributed by atoms with Crippen LogP contribution in [0.3, 0.4) is 0 Å². The van der Waals surface area contributed by atoms with Gasteiger partial charge in [0, 0.05) is 39.3 Å². The van der Waals surface area contributed by atoms with Crippen molar-refractivity contribution in [1.82, 2.24) is 18.7 Å². The number of rotatable bonds is 13. The molecule has 1 saturated heterocycles. The molecule has 17 heteroatoms. The quantitative estimate of drug-likeness (QED) is 0.250. The van der Waals surface area contributed by atoms with Gasteiger partial charge in [-0.1, -0.05) is 0 Å². The molecule has 2 heterocycles. The third kappa shape index (κ3) is 8.59. The Balaban J connectivity index is 1.83. The minimum absolute atomic E-state index is 0.0371. The minimum atomic E-state index is -5.20. The fraction of sp³-hybridized carbons (Fsp3) is 0.538. The van der Waals surface area contributed by atoms with E-state index in [0.717, 1.165) is 0 Å². The molecule has 1 aliphatic heterocycles. The molecule has 1 aliphatic rings. The molecule has 0 radical (unpaired) electrons. The third-order valence-corrected chi connectivity index (χ3v) is 8.57. The van der Waals surface area contributed by atoms with E-state index in [4.69, 9.17) is 9.84 Å². The van der Waals surface area contributed by atoms with Gasteiger partial charge in [0.25, 0.3) is 5.56 Å². The highest BCUT2D eigenvalue weighted by Crippen LogP contribution is 2.40. The molecule has 0 amide bonds. The van der Waals surface area contributed by atoms with Crippen LogP contribution in [-0.2, 0) is 27.5 Å². The Morgan fingerprint density at radius 2 is 1.72 bits per heavy atom. The van der Waals surface area contributed by atoms with Gasteiger partial charge in [0.2, 0.25) is 15.9 Å². The average molecular weight is 630 g/mol. The van der Waals surface area contributed by atoms with E-state index in [1.165, 1.54) is 34.6 Å². The number of hydrogen-bond acceptors (Lipinski definition) is 11. The fourth-order valence-corrected chi connectivity index (χ4v) is 5.84. The van der Waals surface area contributed by atoms with Gasteiger partial charge in [0.05, 0.1) is 30.4 Å². The molecule has 2 aromatic rings. The number of aromatic hydroxyl groups is 1. The first kappa shape index (κ1) is 34.1. The summed E-state index contributed by atoms with van der Waals surface area (Å²) in [5.74, 6) is -1.11. The van der Waals surface area contributed by atoms with Crippen LogP contribution in [0.4, 0.5) is 24.5 Å². The largest absolute Gasteiger partial charge is 0.493 e.